The molecule has 0 amide bonds. The number of rotatable bonds is 3. The molecule has 0 aromatic carbocycles. The van der Waals surface area contributed by atoms with E-state index in [1.165, 1.54) is 44.1 Å². The molecule has 2 aliphatic carbocycles. The van der Waals surface area contributed by atoms with Crippen molar-refractivity contribution in [2.75, 3.05) is 6.54 Å². The van der Waals surface area contributed by atoms with Gasteiger partial charge in [0.2, 0.25) is 0 Å². The maximum Gasteiger partial charge on any atom is 0.0161 e. The van der Waals surface area contributed by atoms with Crippen molar-refractivity contribution < 1.29 is 0 Å². The highest BCUT2D eigenvalue weighted by Gasteiger charge is 2.47. The van der Waals surface area contributed by atoms with Crippen molar-refractivity contribution in [2.45, 2.75) is 51.5 Å². The van der Waals surface area contributed by atoms with Crippen LogP contribution in [0.2, 0.25) is 0 Å². The van der Waals surface area contributed by atoms with E-state index in [-0.39, 0.29) is 0 Å². The number of hydrogen-bond acceptors (Lipinski definition) is 1. The van der Waals surface area contributed by atoms with Crippen molar-refractivity contribution >= 4 is 0 Å². The quantitative estimate of drug-likeness (QED) is 0.657. The summed E-state index contributed by atoms with van der Waals surface area (Å²) in [4.78, 5) is 0. The predicted octanol–water partition coefficient (Wildman–Crippen LogP) is 2.87. The molecule has 0 radical (unpaired) electrons. The summed E-state index contributed by atoms with van der Waals surface area (Å²) in [6, 6.07) is 0.812. The van der Waals surface area contributed by atoms with Crippen molar-refractivity contribution in [3.8, 4) is 0 Å². The maximum atomic E-state index is 3.94. The first kappa shape index (κ1) is 9.26. The van der Waals surface area contributed by atoms with Crippen molar-refractivity contribution in [3.05, 3.63) is 12.2 Å². The zero-order valence-corrected chi connectivity index (χ0v) is 8.73. The van der Waals surface area contributed by atoms with Gasteiger partial charge in [-0.05, 0) is 38.0 Å². The van der Waals surface area contributed by atoms with Crippen LogP contribution in [0.5, 0.6) is 0 Å². The lowest BCUT2D eigenvalue weighted by molar-refractivity contribution is 0.0754. The van der Waals surface area contributed by atoms with Crippen molar-refractivity contribution in [1.82, 2.24) is 5.32 Å². The van der Waals surface area contributed by atoms with Crippen LogP contribution in [0, 0.1) is 5.41 Å². The Morgan fingerprint density at radius 3 is 2.54 bits per heavy atom. The van der Waals surface area contributed by atoms with Crippen molar-refractivity contribution in [2.24, 2.45) is 5.41 Å². The first-order valence-electron chi connectivity index (χ1n) is 5.61. The minimum atomic E-state index is 0.718. The Labute approximate surface area is 81.6 Å². The van der Waals surface area contributed by atoms with E-state index in [0.29, 0.717) is 0 Å². The maximum absolute atomic E-state index is 3.94. The molecule has 1 spiro atoms. The second-order valence-electron chi connectivity index (χ2n) is 5.00. The van der Waals surface area contributed by atoms with E-state index in [1.807, 2.05) is 0 Å². The second kappa shape index (κ2) is 3.45. The standard InChI is InChI=1S/C12H21N/c1-10(2)9-13-11-5-8-12(11)6-3-4-7-12/h11,13H,1,3-9H2,2H3. The molecule has 0 saturated heterocycles. The summed E-state index contributed by atoms with van der Waals surface area (Å²) in [5.41, 5.74) is 1.98. The summed E-state index contributed by atoms with van der Waals surface area (Å²) in [7, 11) is 0. The van der Waals surface area contributed by atoms with Gasteiger partial charge in [0, 0.05) is 12.6 Å². The summed E-state index contributed by atoms with van der Waals surface area (Å²) in [5, 5.41) is 3.65. The Kier molecular flexibility index (Phi) is 2.46. The Hall–Kier alpha value is -0.300. The molecule has 0 aromatic rings. The third-order valence-corrected chi connectivity index (χ3v) is 3.92. The van der Waals surface area contributed by atoms with Crippen LogP contribution < -0.4 is 5.32 Å². The number of hydrogen-bond donors (Lipinski definition) is 1. The van der Waals surface area contributed by atoms with Crippen LogP contribution in [0.1, 0.15) is 45.4 Å². The number of nitrogens with one attached hydrogen (secondary N) is 1. The third-order valence-electron chi connectivity index (χ3n) is 3.92. The molecular weight excluding hydrogens is 158 g/mol. The van der Waals surface area contributed by atoms with E-state index < -0.39 is 0 Å². The van der Waals surface area contributed by atoms with E-state index in [2.05, 4.69) is 18.8 Å². The Balaban J connectivity index is 1.83. The van der Waals surface area contributed by atoms with Gasteiger partial charge in [-0.1, -0.05) is 25.0 Å². The molecule has 1 unspecified atom stereocenters. The fraction of sp³-hybridized carbons (Fsp3) is 0.833. The average molecular weight is 179 g/mol. The van der Waals surface area contributed by atoms with Gasteiger partial charge < -0.3 is 5.32 Å². The molecular formula is C12H21N. The minimum absolute atomic E-state index is 0.718. The first-order valence-corrected chi connectivity index (χ1v) is 5.61. The molecule has 74 valence electrons. The molecule has 1 nitrogen and oxygen atoms in total. The SMILES string of the molecule is C=C(C)CNC1CCC12CCCC2. The third kappa shape index (κ3) is 1.67. The van der Waals surface area contributed by atoms with Gasteiger partial charge >= 0.3 is 0 Å². The van der Waals surface area contributed by atoms with E-state index in [4.69, 9.17) is 0 Å². The van der Waals surface area contributed by atoms with E-state index in [0.717, 1.165) is 18.0 Å². The fourth-order valence-corrected chi connectivity index (χ4v) is 2.99. The van der Waals surface area contributed by atoms with Gasteiger partial charge in [0.15, 0.2) is 0 Å². The van der Waals surface area contributed by atoms with Gasteiger partial charge in [-0.3, -0.25) is 0 Å². The van der Waals surface area contributed by atoms with E-state index in [1.54, 1.807) is 0 Å². The van der Waals surface area contributed by atoms with Crippen molar-refractivity contribution in [3.63, 3.8) is 0 Å². The van der Waals surface area contributed by atoms with Gasteiger partial charge in [0.25, 0.3) is 0 Å². The van der Waals surface area contributed by atoms with Gasteiger partial charge in [0.1, 0.15) is 0 Å². The lowest BCUT2D eigenvalue weighted by atomic mass is 9.63. The monoisotopic (exact) mass is 179 g/mol. The van der Waals surface area contributed by atoms with Gasteiger partial charge in [-0.15, -0.1) is 0 Å². The zero-order chi connectivity index (χ0) is 9.31. The van der Waals surface area contributed by atoms with Crippen LogP contribution in [-0.2, 0) is 0 Å². The summed E-state index contributed by atoms with van der Waals surface area (Å²) in [5.74, 6) is 0. The molecule has 0 bridgehead atoms. The van der Waals surface area contributed by atoms with Crippen LogP contribution in [0.3, 0.4) is 0 Å². The smallest absolute Gasteiger partial charge is 0.0161 e. The minimum Gasteiger partial charge on any atom is -0.310 e. The Morgan fingerprint density at radius 1 is 1.38 bits per heavy atom. The highest BCUT2D eigenvalue weighted by Crippen LogP contribution is 2.53. The second-order valence-corrected chi connectivity index (χ2v) is 5.00. The van der Waals surface area contributed by atoms with Crippen LogP contribution >= 0.6 is 0 Å². The molecule has 2 fully saturated rings. The lowest BCUT2D eigenvalue weighted by Crippen LogP contribution is -2.52. The lowest BCUT2D eigenvalue weighted by Gasteiger charge is -2.48. The van der Waals surface area contributed by atoms with Gasteiger partial charge in [-0.25, -0.2) is 0 Å². The Bertz CT molecular complexity index is 201. The van der Waals surface area contributed by atoms with E-state index >= 15 is 0 Å². The summed E-state index contributed by atoms with van der Waals surface area (Å²) < 4.78 is 0. The van der Waals surface area contributed by atoms with Gasteiger partial charge in [0.05, 0.1) is 0 Å². The van der Waals surface area contributed by atoms with Gasteiger partial charge in [-0.2, -0.15) is 0 Å². The Morgan fingerprint density at radius 2 is 2.08 bits per heavy atom. The molecule has 1 N–H and O–H groups in total. The topological polar surface area (TPSA) is 12.0 Å². The molecule has 0 aliphatic heterocycles. The average Bonchev–Trinajstić information content (AvgIpc) is 2.51. The van der Waals surface area contributed by atoms with Crippen LogP contribution in [0.25, 0.3) is 0 Å². The van der Waals surface area contributed by atoms with Crippen LogP contribution in [0.4, 0.5) is 0 Å². The van der Waals surface area contributed by atoms with Crippen LogP contribution in [-0.4, -0.2) is 12.6 Å². The molecule has 0 aromatic heterocycles. The molecule has 2 aliphatic rings. The summed E-state index contributed by atoms with van der Waals surface area (Å²) in [6.45, 7) is 7.06. The molecule has 13 heavy (non-hydrogen) atoms. The largest absolute Gasteiger partial charge is 0.310 e. The zero-order valence-electron chi connectivity index (χ0n) is 8.73. The highest BCUT2D eigenvalue weighted by atomic mass is 15.0. The van der Waals surface area contributed by atoms with E-state index in [9.17, 15) is 0 Å². The highest BCUT2D eigenvalue weighted by molar-refractivity contribution is 5.04. The molecule has 0 heterocycles. The molecule has 1 heteroatoms. The van der Waals surface area contributed by atoms with Crippen LogP contribution in [0.15, 0.2) is 12.2 Å². The fourth-order valence-electron chi connectivity index (χ4n) is 2.99. The molecule has 2 saturated carbocycles. The molecule has 2 rings (SSSR count). The summed E-state index contributed by atoms with van der Waals surface area (Å²) in [6.07, 6.45) is 8.74. The first-order chi connectivity index (χ1) is 6.23. The van der Waals surface area contributed by atoms with Crippen molar-refractivity contribution in [1.29, 1.82) is 0 Å². The summed E-state index contributed by atoms with van der Waals surface area (Å²) >= 11 is 0. The predicted molar refractivity (Wildman–Crippen MR) is 56.7 cm³/mol. The molecule has 1 atom stereocenters. The normalized spacial score (nSPS) is 30.4.